The van der Waals surface area contributed by atoms with Gasteiger partial charge in [0, 0.05) is 6.54 Å². The monoisotopic (exact) mass is 259 g/mol. The Morgan fingerprint density at radius 3 is 2.33 bits per heavy atom. The summed E-state index contributed by atoms with van der Waals surface area (Å²) in [5.74, 6) is -0.866. The maximum absolute atomic E-state index is 11.5. The zero-order chi connectivity index (χ0) is 14.0. The quantitative estimate of drug-likeness (QED) is 0.614. The summed E-state index contributed by atoms with van der Waals surface area (Å²) in [4.78, 5) is 35.3. The van der Waals surface area contributed by atoms with Crippen LogP contribution in [0.3, 0.4) is 0 Å². The van der Waals surface area contributed by atoms with Crippen LogP contribution in [0, 0.1) is 0 Å². The summed E-state index contributed by atoms with van der Waals surface area (Å²) in [7, 11) is 1.29. The first kappa shape index (κ1) is 16.4. The maximum atomic E-state index is 11.5. The van der Waals surface area contributed by atoms with E-state index in [1.165, 1.54) is 7.11 Å². The molecule has 104 valence electrons. The summed E-state index contributed by atoms with van der Waals surface area (Å²) in [6.07, 6.45) is 0.797. The van der Waals surface area contributed by atoms with Crippen LogP contribution in [-0.2, 0) is 14.3 Å². The minimum atomic E-state index is -0.518. The highest BCUT2D eigenvalue weighted by molar-refractivity contribution is 5.95. The molecular formula is C11H21N3O4. The fourth-order valence-electron chi connectivity index (χ4n) is 1.18. The Morgan fingerprint density at radius 2 is 1.83 bits per heavy atom. The lowest BCUT2D eigenvalue weighted by molar-refractivity contribution is -0.142. The molecule has 0 aliphatic heterocycles. The van der Waals surface area contributed by atoms with E-state index in [2.05, 4.69) is 15.4 Å². The van der Waals surface area contributed by atoms with Gasteiger partial charge in [0.05, 0.1) is 20.2 Å². The van der Waals surface area contributed by atoms with Gasteiger partial charge in [-0.1, -0.05) is 13.8 Å². The zero-order valence-corrected chi connectivity index (χ0v) is 11.1. The molecule has 0 spiro atoms. The average molecular weight is 259 g/mol. The highest BCUT2D eigenvalue weighted by Crippen LogP contribution is 1.89. The molecule has 0 aliphatic rings. The molecule has 0 unspecified atom stereocenters. The van der Waals surface area contributed by atoms with E-state index in [0.29, 0.717) is 13.1 Å². The Bertz CT molecular complexity index is 294. The van der Waals surface area contributed by atoms with Gasteiger partial charge in [-0.05, 0) is 13.0 Å². The van der Waals surface area contributed by atoms with Crippen molar-refractivity contribution in [3.8, 4) is 0 Å². The summed E-state index contributed by atoms with van der Waals surface area (Å²) in [6, 6.07) is -0.518. The predicted octanol–water partition coefficient (Wildman–Crippen LogP) is -0.283. The molecule has 0 aromatic heterocycles. The molecule has 0 aromatic rings. The molecule has 0 heterocycles. The van der Waals surface area contributed by atoms with Crippen LogP contribution in [0.5, 0.6) is 0 Å². The summed E-state index contributed by atoms with van der Waals surface area (Å²) in [5, 5.41) is 4.71. The number of hydrogen-bond donors (Lipinski definition) is 2. The van der Waals surface area contributed by atoms with Gasteiger partial charge in [-0.3, -0.25) is 19.8 Å². The van der Waals surface area contributed by atoms with E-state index < -0.39 is 17.9 Å². The number of urea groups is 1. The molecule has 0 saturated carbocycles. The van der Waals surface area contributed by atoms with Gasteiger partial charge in [-0.15, -0.1) is 0 Å². The Kier molecular flexibility index (Phi) is 8.55. The molecule has 18 heavy (non-hydrogen) atoms. The summed E-state index contributed by atoms with van der Waals surface area (Å²) in [5.41, 5.74) is 0. The van der Waals surface area contributed by atoms with Crippen molar-refractivity contribution in [3.05, 3.63) is 0 Å². The third-order valence-corrected chi connectivity index (χ3v) is 2.18. The van der Waals surface area contributed by atoms with Gasteiger partial charge in [0.1, 0.15) is 0 Å². The first-order valence-electron chi connectivity index (χ1n) is 5.90. The van der Waals surface area contributed by atoms with Crippen LogP contribution in [0.15, 0.2) is 0 Å². The molecule has 0 rings (SSSR count). The van der Waals surface area contributed by atoms with Gasteiger partial charge in [0.15, 0.2) is 0 Å². The Hall–Kier alpha value is -1.63. The molecule has 7 nitrogen and oxygen atoms in total. The second-order valence-electron chi connectivity index (χ2n) is 3.68. The molecule has 3 amide bonds. The van der Waals surface area contributed by atoms with Gasteiger partial charge < -0.3 is 10.1 Å². The smallest absolute Gasteiger partial charge is 0.321 e. The van der Waals surface area contributed by atoms with E-state index in [1.807, 2.05) is 13.8 Å². The van der Waals surface area contributed by atoms with Crippen LogP contribution in [0.2, 0.25) is 0 Å². The number of likely N-dealkylation sites (N-methyl/N-ethyl adjacent to an activating group) is 1. The van der Waals surface area contributed by atoms with Crippen LogP contribution in [0.25, 0.3) is 0 Å². The van der Waals surface area contributed by atoms with Crippen molar-refractivity contribution >= 4 is 17.9 Å². The van der Waals surface area contributed by atoms with Crippen LogP contribution in [0.4, 0.5) is 4.79 Å². The summed E-state index contributed by atoms with van der Waals surface area (Å²) in [6.45, 7) is 4.75. The first-order chi connectivity index (χ1) is 8.53. The largest absolute Gasteiger partial charge is 0.468 e. The van der Waals surface area contributed by atoms with Crippen molar-refractivity contribution in [2.45, 2.75) is 20.3 Å². The number of methoxy groups -OCH3 is 1. The fourth-order valence-corrected chi connectivity index (χ4v) is 1.18. The van der Waals surface area contributed by atoms with Gasteiger partial charge in [0.2, 0.25) is 5.91 Å². The summed E-state index contributed by atoms with van der Waals surface area (Å²) < 4.78 is 4.51. The van der Waals surface area contributed by atoms with Crippen molar-refractivity contribution in [2.24, 2.45) is 0 Å². The van der Waals surface area contributed by atoms with Crippen molar-refractivity contribution in [3.63, 3.8) is 0 Å². The Morgan fingerprint density at radius 1 is 1.17 bits per heavy atom. The third-order valence-electron chi connectivity index (χ3n) is 2.18. The number of nitrogens with zero attached hydrogens (tertiary/aromatic N) is 1. The molecule has 0 atom stereocenters. The van der Waals surface area contributed by atoms with Crippen LogP contribution < -0.4 is 10.6 Å². The lowest BCUT2D eigenvalue weighted by Gasteiger charge is -2.17. The lowest BCUT2D eigenvalue weighted by Crippen LogP contribution is -2.45. The minimum absolute atomic E-state index is 0.0227. The number of amides is 3. The lowest BCUT2D eigenvalue weighted by atomic mass is 10.4. The second-order valence-corrected chi connectivity index (χ2v) is 3.68. The number of ether oxygens (including phenoxy) is 1. The SMILES string of the molecule is CCCNC(=O)NC(=O)CN(CC)CC(=O)OC. The van der Waals surface area contributed by atoms with Crippen molar-refractivity contribution in [1.29, 1.82) is 0 Å². The highest BCUT2D eigenvalue weighted by atomic mass is 16.5. The Labute approximate surface area is 107 Å². The number of hydrogen-bond acceptors (Lipinski definition) is 5. The van der Waals surface area contributed by atoms with Crippen LogP contribution >= 0.6 is 0 Å². The highest BCUT2D eigenvalue weighted by Gasteiger charge is 2.14. The topological polar surface area (TPSA) is 87.7 Å². The number of imide groups is 1. The van der Waals surface area contributed by atoms with Gasteiger partial charge in [0.25, 0.3) is 0 Å². The minimum Gasteiger partial charge on any atom is -0.468 e. The second kappa shape index (κ2) is 9.41. The van der Waals surface area contributed by atoms with E-state index in [1.54, 1.807) is 4.90 Å². The number of esters is 1. The van der Waals surface area contributed by atoms with Crippen LogP contribution in [0.1, 0.15) is 20.3 Å². The standard InChI is InChI=1S/C11H21N3O4/c1-4-6-12-11(17)13-9(15)7-14(5-2)8-10(16)18-3/h4-8H2,1-3H3,(H2,12,13,15,17). The predicted molar refractivity (Wildman–Crippen MR) is 66.0 cm³/mol. The van der Waals surface area contributed by atoms with Gasteiger partial charge in [-0.2, -0.15) is 0 Å². The number of nitrogens with one attached hydrogen (secondary N) is 2. The molecular weight excluding hydrogens is 238 g/mol. The van der Waals surface area contributed by atoms with Crippen LogP contribution in [-0.4, -0.2) is 56.1 Å². The molecule has 0 radical (unpaired) electrons. The van der Waals surface area contributed by atoms with Crippen molar-refractivity contribution < 1.29 is 19.1 Å². The van der Waals surface area contributed by atoms with Crippen molar-refractivity contribution in [1.82, 2.24) is 15.5 Å². The number of carbonyl (C=O) groups is 3. The molecule has 0 aliphatic carbocycles. The molecule has 2 N–H and O–H groups in total. The van der Waals surface area contributed by atoms with Gasteiger partial charge in [-0.25, -0.2) is 4.79 Å². The molecule has 0 saturated heterocycles. The zero-order valence-electron chi connectivity index (χ0n) is 11.1. The van der Waals surface area contributed by atoms with E-state index in [0.717, 1.165) is 6.42 Å². The molecule has 0 bridgehead atoms. The number of carbonyl (C=O) groups excluding carboxylic acids is 3. The Balaban J connectivity index is 4.03. The first-order valence-corrected chi connectivity index (χ1v) is 5.90. The average Bonchev–Trinajstić information content (AvgIpc) is 2.34. The van der Waals surface area contributed by atoms with E-state index >= 15 is 0 Å². The van der Waals surface area contributed by atoms with E-state index in [9.17, 15) is 14.4 Å². The fraction of sp³-hybridized carbons (Fsp3) is 0.727. The van der Waals surface area contributed by atoms with E-state index in [-0.39, 0.29) is 13.1 Å². The number of rotatable bonds is 7. The van der Waals surface area contributed by atoms with Crippen molar-refractivity contribution in [2.75, 3.05) is 33.3 Å². The summed E-state index contributed by atoms with van der Waals surface area (Å²) >= 11 is 0. The van der Waals surface area contributed by atoms with E-state index in [4.69, 9.17) is 0 Å². The normalized spacial score (nSPS) is 10.0. The molecule has 0 aromatic carbocycles. The third kappa shape index (κ3) is 7.61. The maximum Gasteiger partial charge on any atom is 0.321 e. The molecule has 7 heteroatoms. The van der Waals surface area contributed by atoms with Gasteiger partial charge >= 0.3 is 12.0 Å². The molecule has 0 fully saturated rings.